The Labute approximate surface area is 145 Å². The summed E-state index contributed by atoms with van der Waals surface area (Å²) in [5.74, 6) is 0.184. The highest BCUT2D eigenvalue weighted by molar-refractivity contribution is 6.00. The maximum atomic E-state index is 14.0. The van der Waals surface area contributed by atoms with Gasteiger partial charge in [-0.1, -0.05) is 18.2 Å². The lowest BCUT2D eigenvalue weighted by molar-refractivity contribution is 0.0756. The van der Waals surface area contributed by atoms with Crippen LogP contribution in [0.2, 0.25) is 0 Å². The minimum atomic E-state index is -0.765. The van der Waals surface area contributed by atoms with E-state index in [-0.39, 0.29) is 5.56 Å². The zero-order valence-electron chi connectivity index (χ0n) is 14.0. The van der Waals surface area contributed by atoms with Crippen LogP contribution in [0.5, 0.6) is 11.5 Å². The van der Waals surface area contributed by atoms with Gasteiger partial charge in [0.15, 0.2) is 11.5 Å². The summed E-state index contributed by atoms with van der Waals surface area (Å²) in [5.41, 5.74) is 1.36. The van der Waals surface area contributed by atoms with E-state index in [2.05, 4.69) is 6.07 Å². The second-order valence-corrected chi connectivity index (χ2v) is 5.67. The number of hydrogen-bond donors (Lipinski definition) is 0. The van der Waals surface area contributed by atoms with E-state index in [1.54, 1.807) is 26.4 Å². The molecule has 1 amide bonds. The summed E-state index contributed by atoms with van der Waals surface area (Å²) in [7, 11) is 3.11. The average Bonchev–Trinajstić information content (AvgIpc) is 2.92. The molecule has 2 aromatic carbocycles. The van der Waals surface area contributed by atoms with Gasteiger partial charge in [0.2, 0.25) is 0 Å². The van der Waals surface area contributed by atoms with Crippen molar-refractivity contribution in [1.29, 1.82) is 5.26 Å². The number of fused-ring (bicyclic) bond motifs is 1. The molecule has 6 heteroatoms. The van der Waals surface area contributed by atoms with Crippen LogP contribution in [0.4, 0.5) is 4.39 Å². The van der Waals surface area contributed by atoms with E-state index in [1.165, 1.54) is 17.0 Å². The molecule has 0 aliphatic carbocycles. The smallest absolute Gasteiger partial charge is 0.258 e. The highest BCUT2D eigenvalue weighted by Crippen LogP contribution is 2.35. The second kappa shape index (κ2) is 6.81. The molecular weight excluding hydrogens is 323 g/mol. The number of carbonyl (C=O) groups is 1. The van der Waals surface area contributed by atoms with Crippen LogP contribution >= 0.6 is 0 Å². The third-order valence-electron chi connectivity index (χ3n) is 4.34. The van der Waals surface area contributed by atoms with Gasteiger partial charge < -0.3 is 14.4 Å². The van der Waals surface area contributed by atoms with E-state index in [9.17, 15) is 14.4 Å². The first kappa shape index (κ1) is 16.8. The minimum absolute atomic E-state index is 0.00126. The van der Waals surface area contributed by atoms with Gasteiger partial charge in [-0.2, -0.15) is 5.26 Å². The number of halogens is 1. The summed E-state index contributed by atoms with van der Waals surface area (Å²) in [6.45, 7) is 0.306. The highest BCUT2D eigenvalue weighted by Gasteiger charge is 2.38. The monoisotopic (exact) mass is 340 g/mol. The Kier molecular flexibility index (Phi) is 4.57. The Bertz CT molecular complexity index is 860. The number of rotatable bonds is 5. The Morgan fingerprint density at radius 1 is 1.20 bits per heavy atom. The molecule has 1 heterocycles. The van der Waals surface area contributed by atoms with Gasteiger partial charge in [-0.25, -0.2) is 4.39 Å². The van der Waals surface area contributed by atoms with E-state index in [1.807, 2.05) is 12.1 Å². The van der Waals surface area contributed by atoms with Crippen LogP contribution in [0, 0.1) is 17.1 Å². The summed E-state index contributed by atoms with van der Waals surface area (Å²) in [6, 6.07) is 11.2. The molecule has 1 aliphatic rings. The fourth-order valence-electron chi connectivity index (χ4n) is 3.08. The predicted octanol–water partition coefficient (Wildman–Crippen LogP) is 3.11. The SMILES string of the molecule is COc1ccc(CCN2C(=O)c3c(F)cccc3C2C#N)cc1OC. The molecule has 0 saturated heterocycles. The fourth-order valence-corrected chi connectivity index (χ4v) is 3.08. The number of hydrogen-bond acceptors (Lipinski definition) is 4. The van der Waals surface area contributed by atoms with Gasteiger partial charge in [-0.15, -0.1) is 0 Å². The third-order valence-corrected chi connectivity index (χ3v) is 4.34. The summed E-state index contributed by atoms with van der Waals surface area (Å²) in [5, 5.41) is 9.44. The lowest BCUT2D eigenvalue weighted by Crippen LogP contribution is -2.29. The summed E-state index contributed by atoms with van der Waals surface area (Å²) in [4.78, 5) is 13.9. The van der Waals surface area contributed by atoms with Crippen molar-refractivity contribution in [2.45, 2.75) is 12.5 Å². The summed E-state index contributed by atoms with van der Waals surface area (Å²) >= 11 is 0. The van der Waals surface area contributed by atoms with Crippen LogP contribution in [0.25, 0.3) is 0 Å². The fraction of sp³-hybridized carbons (Fsp3) is 0.263. The molecule has 128 valence electrons. The summed E-state index contributed by atoms with van der Waals surface area (Å²) in [6.07, 6.45) is 0.514. The zero-order valence-corrected chi connectivity index (χ0v) is 14.0. The van der Waals surface area contributed by atoms with Crippen molar-refractivity contribution in [3.8, 4) is 17.6 Å². The van der Waals surface area contributed by atoms with Crippen molar-refractivity contribution in [3.05, 3.63) is 58.9 Å². The first-order chi connectivity index (χ1) is 12.1. The molecule has 1 atom stereocenters. The van der Waals surface area contributed by atoms with Crippen molar-refractivity contribution >= 4 is 5.91 Å². The molecule has 2 aromatic rings. The zero-order chi connectivity index (χ0) is 18.0. The Hall–Kier alpha value is -3.07. The number of benzene rings is 2. The van der Waals surface area contributed by atoms with E-state index in [4.69, 9.17) is 9.47 Å². The molecule has 0 N–H and O–H groups in total. The number of nitriles is 1. The van der Waals surface area contributed by atoms with Crippen molar-refractivity contribution in [2.24, 2.45) is 0 Å². The molecule has 0 bridgehead atoms. The first-order valence-corrected chi connectivity index (χ1v) is 7.80. The van der Waals surface area contributed by atoms with Crippen LogP contribution in [-0.2, 0) is 6.42 Å². The van der Waals surface area contributed by atoms with Crippen LogP contribution in [-0.4, -0.2) is 31.6 Å². The maximum Gasteiger partial charge on any atom is 0.258 e. The van der Waals surface area contributed by atoms with Crippen LogP contribution in [0.3, 0.4) is 0 Å². The normalized spacial score (nSPS) is 15.7. The van der Waals surface area contributed by atoms with Gasteiger partial charge in [0, 0.05) is 12.1 Å². The molecule has 5 nitrogen and oxygen atoms in total. The highest BCUT2D eigenvalue weighted by atomic mass is 19.1. The lowest BCUT2D eigenvalue weighted by Gasteiger charge is -2.20. The molecule has 1 aliphatic heterocycles. The van der Waals surface area contributed by atoms with E-state index < -0.39 is 17.8 Å². The quantitative estimate of drug-likeness (QED) is 0.839. The predicted molar refractivity (Wildman–Crippen MR) is 89.0 cm³/mol. The van der Waals surface area contributed by atoms with Gasteiger partial charge in [-0.3, -0.25) is 4.79 Å². The van der Waals surface area contributed by atoms with Gasteiger partial charge in [0.25, 0.3) is 5.91 Å². The molecule has 1 unspecified atom stereocenters. The van der Waals surface area contributed by atoms with Gasteiger partial charge in [0.05, 0.1) is 25.9 Å². The maximum absolute atomic E-state index is 14.0. The van der Waals surface area contributed by atoms with E-state index in [0.29, 0.717) is 30.0 Å². The lowest BCUT2D eigenvalue weighted by atomic mass is 10.1. The topological polar surface area (TPSA) is 62.6 Å². The second-order valence-electron chi connectivity index (χ2n) is 5.67. The number of ether oxygens (including phenoxy) is 2. The van der Waals surface area contributed by atoms with Crippen LogP contribution < -0.4 is 9.47 Å². The standard InChI is InChI=1S/C19H17FN2O3/c1-24-16-7-6-12(10-17(16)25-2)8-9-22-15(11-21)13-4-3-5-14(20)18(13)19(22)23/h3-7,10,15H,8-9H2,1-2H3. The Morgan fingerprint density at radius 3 is 2.64 bits per heavy atom. The van der Waals surface area contributed by atoms with E-state index in [0.717, 1.165) is 5.56 Å². The first-order valence-electron chi connectivity index (χ1n) is 7.80. The molecular formula is C19H17FN2O3. The van der Waals surface area contributed by atoms with Crippen molar-refractivity contribution in [3.63, 3.8) is 0 Å². The summed E-state index contributed by atoms with van der Waals surface area (Å²) < 4.78 is 24.5. The number of nitrogens with zero attached hydrogens (tertiary/aromatic N) is 2. The molecule has 25 heavy (non-hydrogen) atoms. The van der Waals surface area contributed by atoms with E-state index >= 15 is 0 Å². The van der Waals surface area contributed by atoms with Gasteiger partial charge >= 0.3 is 0 Å². The number of carbonyl (C=O) groups excluding carboxylic acids is 1. The van der Waals surface area contributed by atoms with Crippen LogP contribution in [0.1, 0.15) is 27.5 Å². The minimum Gasteiger partial charge on any atom is -0.493 e. The van der Waals surface area contributed by atoms with Crippen LogP contribution in [0.15, 0.2) is 36.4 Å². The molecule has 3 rings (SSSR count). The number of amides is 1. The largest absolute Gasteiger partial charge is 0.493 e. The van der Waals surface area contributed by atoms with Gasteiger partial charge in [-0.05, 0) is 30.2 Å². The molecule has 0 fully saturated rings. The number of methoxy groups -OCH3 is 2. The average molecular weight is 340 g/mol. The molecule has 0 aromatic heterocycles. The molecule has 0 radical (unpaired) electrons. The van der Waals surface area contributed by atoms with Gasteiger partial charge in [0.1, 0.15) is 11.9 Å². The molecule has 0 spiro atoms. The van der Waals surface area contributed by atoms with Crippen molar-refractivity contribution in [1.82, 2.24) is 4.90 Å². The molecule has 0 saturated carbocycles. The third kappa shape index (κ3) is 2.89. The Morgan fingerprint density at radius 2 is 1.96 bits per heavy atom. The van der Waals surface area contributed by atoms with Crippen molar-refractivity contribution in [2.75, 3.05) is 20.8 Å². The van der Waals surface area contributed by atoms with Crippen molar-refractivity contribution < 1.29 is 18.7 Å². The Balaban J connectivity index is 1.81.